The Bertz CT molecular complexity index is 1680. The Kier molecular flexibility index (Phi) is 4.45. The van der Waals surface area contributed by atoms with Gasteiger partial charge in [0.1, 0.15) is 17.0 Å². The van der Waals surface area contributed by atoms with Gasteiger partial charge in [-0.25, -0.2) is 0 Å². The quantitative estimate of drug-likeness (QED) is 0.248. The van der Waals surface area contributed by atoms with E-state index in [2.05, 4.69) is 10.2 Å². The number of hydrogen-bond acceptors (Lipinski definition) is 3. The smallest absolute Gasteiger partial charge is 0.417 e. The number of halogens is 3. The average molecular weight is 454 g/mol. The van der Waals surface area contributed by atoms with Crippen LogP contribution in [0.5, 0.6) is 0 Å². The SMILES string of the molecule is Cc1cccc(C(F)(F)F)c1-c1nnc(-c2cc3ccccc3o2)c2cc3ccccc3cc12. The molecule has 0 aliphatic rings. The molecular formula is C28H17F3N2O. The van der Waals surface area contributed by atoms with E-state index in [0.717, 1.165) is 22.2 Å². The summed E-state index contributed by atoms with van der Waals surface area (Å²) < 4.78 is 47.9. The fourth-order valence-electron chi connectivity index (χ4n) is 4.52. The molecule has 0 bridgehead atoms. The molecule has 2 aromatic heterocycles. The Labute approximate surface area is 192 Å². The third-order valence-electron chi connectivity index (χ3n) is 6.12. The fourth-order valence-corrected chi connectivity index (χ4v) is 4.52. The summed E-state index contributed by atoms with van der Waals surface area (Å²) in [5.41, 5.74) is 1.19. The van der Waals surface area contributed by atoms with Crippen LogP contribution in [0.25, 0.3) is 55.2 Å². The highest BCUT2D eigenvalue weighted by Gasteiger charge is 2.35. The van der Waals surface area contributed by atoms with Gasteiger partial charge >= 0.3 is 6.18 Å². The van der Waals surface area contributed by atoms with E-state index in [-0.39, 0.29) is 11.3 Å². The van der Waals surface area contributed by atoms with Crippen LogP contribution < -0.4 is 0 Å². The molecule has 0 aliphatic carbocycles. The second kappa shape index (κ2) is 7.42. The van der Waals surface area contributed by atoms with E-state index in [4.69, 9.17) is 4.42 Å². The predicted octanol–water partition coefficient (Wildman–Crippen LogP) is 8.19. The first-order valence-corrected chi connectivity index (χ1v) is 10.8. The number of fused-ring (bicyclic) bond motifs is 3. The Morgan fingerprint density at radius 1 is 0.676 bits per heavy atom. The van der Waals surface area contributed by atoms with Crippen LogP contribution in [-0.4, -0.2) is 10.2 Å². The standard InChI is InChI=1S/C28H17F3N2O/c1-16-7-6-11-22(28(29,30)31)25(16)27-21-14-18-9-3-2-8-17(18)13-20(21)26(32-33-27)24-15-19-10-4-5-12-23(19)34-24/h2-15H,1H3. The highest BCUT2D eigenvalue weighted by Crippen LogP contribution is 2.42. The Morgan fingerprint density at radius 3 is 1.97 bits per heavy atom. The van der Waals surface area contributed by atoms with E-state index in [1.54, 1.807) is 13.0 Å². The minimum atomic E-state index is -4.52. The molecule has 0 atom stereocenters. The molecule has 0 spiro atoms. The van der Waals surface area contributed by atoms with Crippen LogP contribution in [0.1, 0.15) is 11.1 Å². The van der Waals surface area contributed by atoms with Gasteiger partial charge in [-0.05, 0) is 53.6 Å². The van der Waals surface area contributed by atoms with Gasteiger partial charge in [-0.1, -0.05) is 54.6 Å². The highest BCUT2D eigenvalue weighted by molar-refractivity contribution is 6.09. The van der Waals surface area contributed by atoms with Crippen molar-refractivity contribution in [1.82, 2.24) is 10.2 Å². The van der Waals surface area contributed by atoms with E-state index in [1.807, 2.05) is 66.7 Å². The molecule has 3 nitrogen and oxygen atoms in total. The van der Waals surface area contributed by atoms with Crippen LogP contribution in [0.4, 0.5) is 13.2 Å². The number of rotatable bonds is 2. The van der Waals surface area contributed by atoms with Gasteiger partial charge in [0.2, 0.25) is 0 Å². The Morgan fingerprint density at radius 2 is 1.29 bits per heavy atom. The molecule has 6 heteroatoms. The number of nitrogens with zero attached hydrogens (tertiary/aromatic N) is 2. The van der Waals surface area contributed by atoms with E-state index < -0.39 is 11.7 Å². The number of furan rings is 1. The van der Waals surface area contributed by atoms with Crippen molar-refractivity contribution >= 4 is 32.5 Å². The molecule has 0 fully saturated rings. The molecule has 0 saturated carbocycles. The molecule has 0 N–H and O–H groups in total. The number of aromatic nitrogens is 2. The van der Waals surface area contributed by atoms with Crippen molar-refractivity contribution < 1.29 is 17.6 Å². The number of hydrogen-bond donors (Lipinski definition) is 0. The molecule has 6 rings (SSSR count). The summed E-state index contributed by atoms with van der Waals surface area (Å²) in [5.74, 6) is 0.515. The summed E-state index contributed by atoms with van der Waals surface area (Å²) in [6.45, 7) is 1.66. The molecule has 0 radical (unpaired) electrons. The fraction of sp³-hybridized carbons (Fsp3) is 0.0714. The monoisotopic (exact) mass is 454 g/mol. The van der Waals surface area contributed by atoms with Crippen molar-refractivity contribution in [2.45, 2.75) is 13.1 Å². The summed E-state index contributed by atoms with van der Waals surface area (Å²) in [6.07, 6.45) is -4.52. The first kappa shape index (κ1) is 20.4. The second-order valence-corrected chi connectivity index (χ2v) is 8.29. The lowest BCUT2D eigenvalue weighted by Gasteiger charge is -2.17. The minimum Gasteiger partial charge on any atom is -0.454 e. The summed E-state index contributed by atoms with van der Waals surface area (Å²) in [6, 6.07) is 25.2. The molecule has 34 heavy (non-hydrogen) atoms. The average Bonchev–Trinajstić information content (AvgIpc) is 3.25. The Hall–Kier alpha value is -4.19. The third kappa shape index (κ3) is 3.22. The van der Waals surface area contributed by atoms with Gasteiger partial charge < -0.3 is 4.42 Å². The zero-order chi connectivity index (χ0) is 23.4. The van der Waals surface area contributed by atoms with Crippen LogP contribution >= 0.6 is 0 Å². The molecule has 2 heterocycles. The molecule has 0 unspecified atom stereocenters. The van der Waals surface area contributed by atoms with Crippen molar-refractivity contribution in [2.75, 3.05) is 0 Å². The maximum atomic E-state index is 14.0. The molecule has 166 valence electrons. The first-order valence-electron chi connectivity index (χ1n) is 10.8. The molecule has 0 aliphatic heterocycles. The van der Waals surface area contributed by atoms with E-state index in [0.29, 0.717) is 33.4 Å². The van der Waals surface area contributed by atoms with E-state index in [9.17, 15) is 13.2 Å². The summed E-state index contributed by atoms with van der Waals surface area (Å²) in [7, 11) is 0. The molecule has 6 aromatic rings. The zero-order valence-corrected chi connectivity index (χ0v) is 18.0. The van der Waals surface area contributed by atoms with E-state index in [1.165, 1.54) is 6.07 Å². The van der Waals surface area contributed by atoms with Gasteiger partial charge in [-0.3, -0.25) is 0 Å². The van der Waals surface area contributed by atoms with Crippen LogP contribution in [-0.2, 0) is 6.18 Å². The van der Waals surface area contributed by atoms with Gasteiger partial charge in [-0.2, -0.15) is 13.2 Å². The van der Waals surface area contributed by atoms with Gasteiger partial charge in [-0.15, -0.1) is 10.2 Å². The van der Waals surface area contributed by atoms with E-state index >= 15 is 0 Å². The molecule has 0 saturated heterocycles. The maximum Gasteiger partial charge on any atom is 0.417 e. The Balaban J connectivity index is 1.72. The normalized spacial score (nSPS) is 12.1. The molecular weight excluding hydrogens is 437 g/mol. The summed E-state index contributed by atoms with van der Waals surface area (Å²) in [4.78, 5) is 0. The maximum absolute atomic E-state index is 14.0. The van der Waals surface area contributed by atoms with Crippen molar-refractivity contribution in [1.29, 1.82) is 0 Å². The van der Waals surface area contributed by atoms with Gasteiger partial charge in [0, 0.05) is 21.7 Å². The number of benzene rings is 4. The zero-order valence-electron chi connectivity index (χ0n) is 18.0. The van der Waals surface area contributed by atoms with Crippen molar-refractivity contribution in [3.05, 3.63) is 96.1 Å². The van der Waals surface area contributed by atoms with Crippen LogP contribution in [0.15, 0.2) is 89.3 Å². The lowest BCUT2D eigenvalue weighted by Crippen LogP contribution is -2.09. The largest absolute Gasteiger partial charge is 0.454 e. The van der Waals surface area contributed by atoms with Crippen molar-refractivity contribution in [2.24, 2.45) is 0 Å². The second-order valence-electron chi connectivity index (χ2n) is 8.29. The highest BCUT2D eigenvalue weighted by atomic mass is 19.4. The van der Waals surface area contributed by atoms with Gasteiger partial charge in [0.25, 0.3) is 0 Å². The molecule has 4 aromatic carbocycles. The van der Waals surface area contributed by atoms with Crippen molar-refractivity contribution in [3.8, 4) is 22.7 Å². The third-order valence-corrected chi connectivity index (χ3v) is 6.12. The van der Waals surface area contributed by atoms with Crippen LogP contribution in [0.3, 0.4) is 0 Å². The topological polar surface area (TPSA) is 38.9 Å². The van der Waals surface area contributed by atoms with Crippen LogP contribution in [0.2, 0.25) is 0 Å². The predicted molar refractivity (Wildman–Crippen MR) is 127 cm³/mol. The van der Waals surface area contributed by atoms with Crippen LogP contribution in [0, 0.1) is 6.92 Å². The first-order chi connectivity index (χ1) is 16.4. The van der Waals surface area contributed by atoms with Gasteiger partial charge in [0.15, 0.2) is 5.76 Å². The summed E-state index contributed by atoms with van der Waals surface area (Å²) >= 11 is 0. The van der Waals surface area contributed by atoms with Crippen molar-refractivity contribution in [3.63, 3.8) is 0 Å². The number of para-hydroxylation sites is 1. The minimum absolute atomic E-state index is 0.0407. The number of alkyl halides is 3. The lowest BCUT2D eigenvalue weighted by atomic mass is 9.93. The summed E-state index contributed by atoms with van der Waals surface area (Å²) in [5, 5.41) is 12.8. The van der Waals surface area contributed by atoms with Gasteiger partial charge in [0.05, 0.1) is 5.56 Å². The number of aryl methyl sites for hydroxylation is 1. The lowest BCUT2D eigenvalue weighted by molar-refractivity contribution is -0.137. The molecule has 0 amide bonds.